The van der Waals surface area contributed by atoms with E-state index < -0.39 is 0 Å². The molecule has 0 aliphatic carbocycles. The fourth-order valence-electron chi connectivity index (χ4n) is 2.57. The van der Waals surface area contributed by atoms with Crippen LogP contribution in [0.4, 0.5) is 0 Å². The Morgan fingerprint density at radius 3 is 1.45 bits per heavy atom. The first-order valence-corrected chi connectivity index (χ1v) is 6.93. The van der Waals surface area contributed by atoms with Gasteiger partial charge in [-0.05, 0) is 26.0 Å². The summed E-state index contributed by atoms with van der Waals surface area (Å²) in [5.74, 6) is 3.21. The second-order valence-electron chi connectivity index (χ2n) is 4.86. The predicted octanol–water partition coefficient (Wildman–Crippen LogP) is 2.69. The summed E-state index contributed by atoms with van der Waals surface area (Å²) in [7, 11) is 3.31. The number of aromatic nitrogens is 4. The van der Waals surface area contributed by atoms with Crippen LogP contribution < -0.4 is 9.47 Å². The molecule has 0 unspecified atom stereocenters. The molecule has 0 spiro atoms. The number of methoxy groups -OCH3 is 2. The Kier molecular flexibility index (Phi) is 3.58. The molecule has 0 saturated heterocycles. The minimum Gasteiger partial charge on any atom is -0.494 e. The SMILES string of the molecule is COc1ccc(OC)c(-n2ccnc2C)c1-n1ccnc1C. The maximum absolute atomic E-state index is 5.56. The number of imidazole rings is 2. The van der Waals surface area contributed by atoms with Gasteiger partial charge in [0.15, 0.2) is 0 Å². The fraction of sp³-hybridized carbons (Fsp3) is 0.250. The van der Waals surface area contributed by atoms with E-state index in [9.17, 15) is 0 Å². The molecule has 0 atom stereocenters. The van der Waals surface area contributed by atoms with E-state index in [2.05, 4.69) is 9.97 Å². The molecule has 3 rings (SSSR count). The monoisotopic (exact) mass is 298 g/mol. The molecule has 1 aromatic carbocycles. The molecule has 22 heavy (non-hydrogen) atoms. The molecule has 0 saturated carbocycles. The Bertz CT molecular complexity index is 737. The lowest BCUT2D eigenvalue weighted by Gasteiger charge is -2.20. The molecule has 0 radical (unpaired) electrons. The zero-order chi connectivity index (χ0) is 15.7. The van der Waals surface area contributed by atoms with E-state index in [0.717, 1.165) is 34.5 Å². The van der Waals surface area contributed by atoms with Gasteiger partial charge >= 0.3 is 0 Å². The summed E-state index contributed by atoms with van der Waals surface area (Å²) in [6.45, 7) is 3.90. The van der Waals surface area contributed by atoms with Gasteiger partial charge in [0, 0.05) is 24.8 Å². The van der Waals surface area contributed by atoms with Gasteiger partial charge in [-0.15, -0.1) is 0 Å². The molecule has 0 aliphatic heterocycles. The van der Waals surface area contributed by atoms with E-state index in [4.69, 9.17) is 9.47 Å². The number of hydrogen-bond donors (Lipinski definition) is 0. The van der Waals surface area contributed by atoms with Crippen LogP contribution in [0.25, 0.3) is 11.4 Å². The fourth-order valence-corrected chi connectivity index (χ4v) is 2.57. The summed E-state index contributed by atoms with van der Waals surface area (Å²) in [6.07, 6.45) is 7.34. The lowest BCUT2D eigenvalue weighted by Crippen LogP contribution is -2.08. The van der Waals surface area contributed by atoms with Crippen LogP contribution in [0.3, 0.4) is 0 Å². The topological polar surface area (TPSA) is 54.1 Å². The van der Waals surface area contributed by atoms with Crippen LogP contribution in [0.5, 0.6) is 11.5 Å². The highest BCUT2D eigenvalue weighted by molar-refractivity contribution is 5.68. The number of ether oxygens (including phenoxy) is 2. The van der Waals surface area contributed by atoms with Gasteiger partial charge in [0.1, 0.15) is 34.5 Å². The number of aryl methyl sites for hydroxylation is 2. The highest BCUT2D eigenvalue weighted by Crippen LogP contribution is 2.37. The third-order valence-corrected chi connectivity index (χ3v) is 3.65. The van der Waals surface area contributed by atoms with Crippen LogP contribution in [0, 0.1) is 13.8 Å². The van der Waals surface area contributed by atoms with Crippen molar-refractivity contribution >= 4 is 0 Å². The number of benzene rings is 1. The smallest absolute Gasteiger partial charge is 0.145 e. The van der Waals surface area contributed by atoms with Gasteiger partial charge in [0.2, 0.25) is 0 Å². The molecule has 6 nitrogen and oxygen atoms in total. The molecular formula is C16H18N4O2. The van der Waals surface area contributed by atoms with Gasteiger partial charge in [-0.3, -0.25) is 9.13 Å². The van der Waals surface area contributed by atoms with E-state index in [-0.39, 0.29) is 0 Å². The lowest BCUT2D eigenvalue weighted by molar-refractivity contribution is 0.399. The largest absolute Gasteiger partial charge is 0.494 e. The highest BCUT2D eigenvalue weighted by atomic mass is 16.5. The van der Waals surface area contributed by atoms with Crippen molar-refractivity contribution in [3.05, 3.63) is 48.6 Å². The lowest BCUT2D eigenvalue weighted by atomic mass is 10.2. The van der Waals surface area contributed by atoms with Gasteiger partial charge in [-0.2, -0.15) is 0 Å². The Balaban J connectivity index is 2.40. The predicted molar refractivity (Wildman–Crippen MR) is 83.3 cm³/mol. The van der Waals surface area contributed by atoms with Crippen molar-refractivity contribution in [2.24, 2.45) is 0 Å². The van der Waals surface area contributed by atoms with Crippen LogP contribution in [-0.2, 0) is 0 Å². The van der Waals surface area contributed by atoms with E-state index in [1.807, 2.05) is 47.5 Å². The van der Waals surface area contributed by atoms with Crippen molar-refractivity contribution in [3.63, 3.8) is 0 Å². The maximum atomic E-state index is 5.56. The molecular weight excluding hydrogens is 280 g/mol. The molecule has 114 valence electrons. The molecule has 2 heterocycles. The summed E-state index contributed by atoms with van der Waals surface area (Å²) in [5.41, 5.74) is 1.75. The quantitative estimate of drug-likeness (QED) is 0.743. The minimum atomic E-state index is 0.741. The number of nitrogens with zero attached hydrogens (tertiary/aromatic N) is 4. The first kappa shape index (κ1) is 14.2. The van der Waals surface area contributed by atoms with Crippen molar-refractivity contribution in [1.82, 2.24) is 19.1 Å². The summed E-state index contributed by atoms with van der Waals surface area (Å²) in [4.78, 5) is 8.62. The molecule has 0 amide bonds. The van der Waals surface area contributed by atoms with Crippen molar-refractivity contribution in [1.29, 1.82) is 0 Å². The van der Waals surface area contributed by atoms with Crippen LogP contribution in [0.2, 0.25) is 0 Å². The minimum absolute atomic E-state index is 0.741. The Labute approximate surface area is 129 Å². The summed E-state index contributed by atoms with van der Waals surface area (Å²) in [6, 6.07) is 3.78. The maximum Gasteiger partial charge on any atom is 0.145 e. The molecule has 0 N–H and O–H groups in total. The summed E-state index contributed by atoms with van der Waals surface area (Å²) in [5, 5.41) is 0. The molecule has 0 fully saturated rings. The van der Waals surface area contributed by atoms with E-state index in [0.29, 0.717) is 0 Å². The zero-order valence-electron chi connectivity index (χ0n) is 13.1. The van der Waals surface area contributed by atoms with Gasteiger partial charge in [-0.1, -0.05) is 0 Å². The Hall–Kier alpha value is -2.76. The zero-order valence-corrected chi connectivity index (χ0v) is 13.1. The van der Waals surface area contributed by atoms with Crippen molar-refractivity contribution in [3.8, 4) is 22.9 Å². The second-order valence-corrected chi connectivity index (χ2v) is 4.86. The van der Waals surface area contributed by atoms with Crippen molar-refractivity contribution in [2.45, 2.75) is 13.8 Å². The normalized spacial score (nSPS) is 10.7. The standard InChI is InChI=1S/C16H18N4O2/c1-11-17-7-9-19(11)15-13(21-3)5-6-14(22-4)16(15)20-10-8-18-12(20)2/h5-10H,1-4H3. The number of rotatable bonds is 4. The molecule has 0 bridgehead atoms. The second kappa shape index (κ2) is 5.55. The average molecular weight is 298 g/mol. The molecule has 3 aromatic rings. The highest BCUT2D eigenvalue weighted by Gasteiger charge is 2.20. The Morgan fingerprint density at radius 1 is 0.773 bits per heavy atom. The van der Waals surface area contributed by atoms with Gasteiger partial charge in [0.05, 0.1) is 14.2 Å². The molecule has 2 aromatic heterocycles. The van der Waals surface area contributed by atoms with Crippen molar-refractivity contribution in [2.75, 3.05) is 14.2 Å². The van der Waals surface area contributed by atoms with E-state index in [1.165, 1.54) is 0 Å². The first-order valence-electron chi connectivity index (χ1n) is 6.93. The van der Waals surface area contributed by atoms with Gasteiger partial charge < -0.3 is 9.47 Å². The van der Waals surface area contributed by atoms with Gasteiger partial charge in [-0.25, -0.2) is 9.97 Å². The Morgan fingerprint density at radius 2 is 1.18 bits per heavy atom. The molecule has 6 heteroatoms. The summed E-state index contributed by atoms with van der Waals surface area (Å²) >= 11 is 0. The third-order valence-electron chi connectivity index (χ3n) is 3.65. The first-order chi connectivity index (χ1) is 10.7. The van der Waals surface area contributed by atoms with Crippen LogP contribution >= 0.6 is 0 Å². The average Bonchev–Trinajstić information content (AvgIpc) is 3.14. The summed E-state index contributed by atoms with van der Waals surface area (Å²) < 4.78 is 15.1. The van der Waals surface area contributed by atoms with Crippen LogP contribution in [0.1, 0.15) is 11.6 Å². The van der Waals surface area contributed by atoms with E-state index in [1.54, 1.807) is 26.6 Å². The van der Waals surface area contributed by atoms with Crippen molar-refractivity contribution < 1.29 is 9.47 Å². The third kappa shape index (κ3) is 2.13. The van der Waals surface area contributed by atoms with Crippen LogP contribution in [0.15, 0.2) is 36.9 Å². The van der Waals surface area contributed by atoms with Crippen LogP contribution in [-0.4, -0.2) is 33.3 Å². The van der Waals surface area contributed by atoms with Gasteiger partial charge in [0.25, 0.3) is 0 Å². The number of hydrogen-bond acceptors (Lipinski definition) is 4. The molecule has 0 aliphatic rings. The van der Waals surface area contributed by atoms with E-state index >= 15 is 0 Å².